The molecule has 75 heavy (non-hydrogen) atoms. The lowest BCUT2D eigenvalue weighted by Crippen LogP contribution is -2.45. The molecular weight excluding hydrogens is 923 g/mol. The average molecular weight is 1050 g/mol. The smallest absolute Gasteiger partial charge is 0.305 e. The Morgan fingerprint density at radius 3 is 0.947 bits per heavy atom. The lowest BCUT2D eigenvalue weighted by atomic mass is 10.0. The lowest BCUT2D eigenvalue weighted by Gasteiger charge is -2.20. The van der Waals surface area contributed by atoms with Crippen LogP contribution in [0.25, 0.3) is 0 Å². The van der Waals surface area contributed by atoms with Crippen LogP contribution in [-0.2, 0) is 14.3 Å². The lowest BCUT2D eigenvalue weighted by molar-refractivity contribution is -0.143. The number of rotatable bonds is 63. The number of carbonyl (C=O) groups is 2. The molecule has 0 aromatic carbocycles. The van der Waals surface area contributed by atoms with Gasteiger partial charge in [0.1, 0.15) is 0 Å². The molecule has 0 radical (unpaired) electrons. The van der Waals surface area contributed by atoms with E-state index in [0.29, 0.717) is 19.4 Å². The summed E-state index contributed by atoms with van der Waals surface area (Å²) in [5.41, 5.74) is 0. The standard InChI is InChI=1S/C69H131NO5/c1-3-5-7-9-11-13-15-17-18-19-33-36-39-43-47-51-55-59-63-69(74)75-64-60-56-52-48-44-40-37-34-31-29-27-25-23-21-20-22-24-26-28-30-32-35-38-42-46-50-54-58-62-68(73)70-66(65-71)67(72)61-57-53-49-45-41-16-14-12-10-8-6-4-2/h18-21,57,61,66-67,71-72H,3-17,22-56,58-60,62-65H2,1-2H3,(H,70,73)/b19-18-,21-20-,61-57+. The fraction of sp³-hybridized carbons (Fsp3) is 0.884. The SMILES string of the molecule is CCCCCCCCC/C=C\CCCCCCCCCC(=O)OCCCCCCCCCCCCCC/C=C\CCCCCCCCCCCCCCC(=O)NC(CO)C(O)/C=C/CCCCCCCCCCCC. The van der Waals surface area contributed by atoms with E-state index in [1.807, 2.05) is 6.08 Å². The first-order valence-electron chi connectivity index (χ1n) is 33.8. The largest absolute Gasteiger partial charge is 0.466 e. The first-order valence-corrected chi connectivity index (χ1v) is 33.8. The minimum absolute atomic E-state index is 0.0128. The predicted octanol–water partition coefficient (Wildman–Crippen LogP) is 21.5. The molecule has 0 heterocycles. The summed E-state index contributed by atoms with van der Waals surface area (Å²) in [6.45, 7) is 4.91. The number of allylic oxidation sites excluding steroid dienone is 5. The zero-order chi connectivity index (χ0) is 54.3. The van der Waals surface area contributed by atoms with Gasteiger partial charge in [0, 0.05) is 12.8 Å². The normalized spacial score (nSPS) is 12.7. The molecule has 0 aliphatic heterocycles. The second kappa shape index (κ2) is 64.6. The third-order valence-electron chi connectivity index (χ3n) is 15.6. The third-order valence-corrected chi connectivity index (χ3v) is 15.6. The minimum Gasteiger partial charge on any atom is -0.466 e. The van der Waals surface area contributed by atoms with Gasteiger partial charge < -0.3 is 20.3 Å². The molecule has 3 N–H and O–H groups in total. The first-order chi connectivity index (χ1) is 37.0. The molecule has 2 unspecified atom stereocenters. The van der Waals surface area contributed by atoms with Crippen molar-refractivity contribution in [3.63, 3.8) is 0 Å². The molecule has 1 amide bonds. The van der Waals surface area contributed by atoms with Gasteiger partial charge >= 0.3 is 5.97 Å². The number of hydrogen-bond donors (Lipinski definition) is 3. The number of aliphatic hydroxyl groups is 2. The third kappa shape index (κ3) is 61.2. The summed E-state index contributed by atoms with van der Waals surface area (Å²) in [5, 5.41) is 23.1. The average Bonchev–Trinajstić information content (AvgIpc) is 3.41. The molecular formula is C69H131NO5. The second-order valence-electron chi connectivity index (χ2n) is 23.1. The molecule has 442 valence electrons. The van der Waals surface area contributed by atoms with Crippen LogP contribution in [-0.4, -0.2) is 47.4 Å². The van der Waals surface area contributed by atoms with Crippen LogP contribution in [0.2, 0.25) is 0 Å². The van der Waals surface area contributed by atoms with Gasteiger partial charge in [-0.25, -0.2) is 0 Å². The highest BCUT2D eigenvalue weighted by molar-refractivity contribution is 5.76. The Labute approximate surface area is 468 Å². The maximum Gasteiger partial charge on any atom is 0.305 e. The highest BCUT2D eigenvalue weighted by atomic mass is 16.5. The van der Waals surface area contributed by atoms with Crippen LogP contribution in [0.3, 0.4) is 0 Å². The van der Waals surface area contributed by atoms with E-state index in [-0.39, 0.29) is 18.5 Å². The van der Waals surface area contributed by atoms with Crippen molar-refractivity contribution in [3.8, 4) is 0 Å². The zero-order valence-corrected chi connectivity index (χ0v) is 50.5. The van der Waals surface area contributed by atoms with E-state index in [1.54, 1.807) is 6.08 Å². The summed E-state index contributed by atoms with van der Waals surface area (Å²) in [5.74, 6) is -0.0549. The van der Waals surface area contributed by atoms with E-state index in [1.165, 1.54) is 295 Å². The van der Waals surface area contributed by atoms with Crippen molar-refractivity contribution >= 4 is 11.9 Å². The fourth-order valence-corrected chi connectivity index (χ4v) is 10.4. The Morgan fingerprint density at radius 1 is 0.360 bits per heavy atom. The van der Waals surface area contributed by atoms with Gasteiger partial charge in [-0.15, -0.1) is 0 Å². The monoisotopic (exact) mass is 1050 g/mol. The van der Waals surface area contributed by atoms with E-state index in [2.05, 4.69) is 43.5 Å². The van der Waals surface area contributed by atoms with E-state index in [4.69, 9.17) is 4.74 Å². The van der Waals surface area contributed by atoms with Gasteiger partial charge in [0.15, 0.2) is 0 Å². The van der Waals surface area contributed by atoms with Crippen molar-refractivity contribution in [2.45, 2.75) is 379 Å². The predicted molar refractivity (Wildman–Crippen MR) is 329 cm³/mol. The van der Waals surface area contributed by atoms with Crippen LogP contribution < -0.4 is 5.32 Å². The van der Waals surface area contributed by atoms with Crippen molar-refractivity contribution in [1.82, 2.24) is 5.32 Å². The van der Waals surface area contributed by atoms with Crippen LogP contribution in [0.1, 0.15) is 367 Å². The Balaban J connectivity index is 3.37. The molecule has 0 aromatic rings. The van der Waals surface area contributed by atoms with E-state index in [0.717, 1.165) is 44.9 Å². The van der Waals surface area contributed by atoms with Gasteiger partial charge in [-0.05, 0) is 83.5 Å². The Bertz CT molecular complexity index is 1210. The van der Waals surface area contributed by atoms with Crippen LogP contribution >= 0.6 is 0 Å². The molecule has 6 heteroatoms. The van der Waals surface area contributed by atoms with Crippen molar-refractivity contribution in [1.29, 1.82) is 0 Å². The number of aliphatic hydroxyl groups excluding tert-OH is 2. The number of ether oxygens (including phenoxy) is 1. The zero-order valence-electron chi connectivity index (χ0n) is 50.5. The number of esters is 1. The molecule has 0 aliphatic rings. The van der Waals surface area contributed by atoms with Crippen LogP contribution in [0.4, 0.5) is 0 Å². The van der Waals surface area contributed by atoms with Crippen LogP contribution in [0.15, 0.2) is 36.5 Å². The number of amides is 1. The molecule has 2 atom stereocenters. The topological polar surface area (TPSA) is 95.9 Å². The number of unbranched alkanes of at least 4 members (excludes halogenated alkanes) is 48. The van der Waals surface area contributed by atoms with Crippen molar-refractivity contribution in [3.05, 3.63) is 36.5 Å². The van der Waals surface area contributed by atoms with Crippen molar-refractivity contribution < 1.29 is 24.5 Å². The molecule has 0 bridgehead atoms. The molecule has 0 spiro atoms. The van der Waals surface area contributed by atoms with Crippen LogP contribution in [0, 0.1) is 0 Å². The van der Waals surface area contributed by atoms with Crippen molar-refractivity contribution in [2.24, 2.45) is 0 Å². The molecule has 0 saturated carbocycles. The Morgan fingerprint density at radius 2 is 0.627 bits per heavy atom. The van der Waals surface area contributed by atoms with Gasteiger partial charge in [0.2, 0.25) is 5.91 Å². The first kappa shape index (κ1) is 73.1. The Hall–Kier alpha value is -1.92. The van der Waals surface area contributed by atoms with E-state index in [9.17, 15) is 19.8 Å². The summed E-state index contributed by atoms with van der Waals surface area (Å²) in [6.07, 6.45) is 82.2. The molecule has 6 nitrogen and oxygen atoms in total. The Kier molecular flexibility index (Phi) is 63.0. The van der Waals surface area contributed by atoms with Gasteiger partial charge in [0.25, 0.3) is 0 Å². The summed E-state index contributed by atoms with van der Waals surface area (Å²) in [6, 6.07) is -0.627. The molecule has 0 aliphatic carbocycles. The van der Waals surface area contributed by atoms with Crippen molar-refractivity contribution in [2.75, 3.05) is 13.2 Å². The number of carbonyl (C=O) groups excluding carboxylic acids is 2. The van der Waals surface area contributed by atoms with Gasteiger partial charge in [-0.2, -0.15) is 0 Å². The maximum atomic E-state index is 12.4. The highest BCUT2D eigenvalue weighted by Gasteiger charge is 2.18. The van der Waals surface area contributed by atoms with Crippen LogP contribution in [0.5, 0.6) is 0 Å². The van der Waals surface area contributed by atoms with Gasteiger partial charge in [0.05, 0.1) is 25.4 Å². The molecule has 0 aromatic heterocycles. The minimum atomic E-state index is -0.843. The second-order valence-corrected chi connectivity index (χ2v) is 23.1. The van der Waals surface area contributed by atoms with Gasteiger partial charge in [-0.3, -0.25) is 9.59 Å². The van der Waals surface area contributed by atoms with Gasteiger partial charge in [-0.1, -0.05) is 307 Å². The summed E-state index contributed by atoms with van der Waals surface area (Å²) in [7, 11) is 0. The summed E-state index contributed by atoms with van der Waals surface area (Å²) < 4.78 is 5.50. The fourth-order valence-electron chi connectivity index (χ4n) is 10.4. The quantitative estimate of drug-likeness (QED) is 0.0320. The maximum absolute atomic E-state index is 12.4. The number of nitrogens with one attached hydrogen (secondary N) is 1. The summed E-state index contributed by atoms with van der Waals surface area (Å²) in [4.78, 5) is 24.5. The molecule has 0 rings (SSSR count). The highest BCUT2D eigenvalue weighted by Crippen LogP contribution is 2.17. The summed E-state index contributed by atoms with van der Waals surface area (Å²) >= 11 is 0. The van der Waals surface area contributed by atoms with E-state index < -0.39 is 12.1 Å². The number of hydrogen-bond acceptors (Lipinski definition) is 5. The molecule has 0 saturated heterocycles. The van der Waals surface area contributed by atoms with E-state index >= 15 is 0 Å². The molecule has 0 fully saturated rings.